The number of carbonyl (C=O) groups is 2. The normalized spacial score (nSPS) is 10.2. The average Bonchev–Trinajstić information content (AvgIpc) is 2.95. The van der Waals surface area contributed by atoms with E-state index in [1.54, 1.807) is 36.6 Å². The molecule has 0 saturated carbocycles. The molecule has 0 aliphatic heterocycles. The van der Waals surface area contributed by atoms with E-state index in [1.807, 2.05) is 6.07 Å². The predicted octanol–water partition coefficient (Wildman–Crippen LogP) is 3.92. The first kappa shape index (κ1) is 15.5. The Bertz CT molecular complexity index is 654. The summed E-state index contributed by atoms with van der Waals surface area (Å²) in [7, 11) is 0. The van der Waals surface area contributed by atoms with Gasteiger partial charge in [0.05, 0.1) is 12.2 Å². The van der Waals surface area contributed by atoms with Crippen molar-refractivity contribution >= 4 is 39.8 Å². The lowest BCUT2D eigenvalue weighted by atomic mass is 10.1. The second-order valence-corrected chi connectivity index (χ2v) is 5.36. The third-order valence-corrected chi connectivity index (χ3v) is 3.87. The van der Waals surface area contributed by atoms with E-state index in [4.69, 9.17) is 16.3 Å². The van der Waals surface area contributed by atoms with Crippen molar-refractivity contribution in [2.24, 2.45) is 0 Å². The molecule has 2 rings (SSSR count). The Kier molecular flexibility index (Phi) is 5.36. The fourth-order valence-corrected chi connectivity index (χ4v) is 2.68. The number of thiophene rings is 1. The van der Waals surface area contributed by atoms with Crippen LogP contribution in [0.2, 0.25) is 0 Å². The molecule has 1 heterocycles. The molecule has 110 valence electrons. The molecule has 0 atom stereocenters. The van der Waals surface area contributed by atoms with Gasteiger partial charge in [0, 0.05) is 11.4 Å². The van der Waals surface area contributed by atoms with E-state index >= 15 is 0 Å². The molecule has 0 saturated heterocycles. The third-order valence-electron chi connectivity index (χ3n) is 2.73. The van der Waals surface area contributed by atoms with Crippen LogP contribution in [0.4, 0.5) is 5.00 Å². The third kappa shape index (κ3) is 3.83. The minimum Gasteiger partial charge on any atom is -0.462 e. The highest BCUT2D eigenvalue weighted by Gasteiger charge is 2.16. The Hall–Kier alpha value is -1.85. The molecule has 6 heteroatoms. The second-order valence-electron chi connectivity index (χ2n) is 4.17. The smallest absolute Gasteiger partial charge is 0.341 e. The minimum atomic E-state index is -0.441. The molecule has 0 bridgehead atoms. The van der Waals surface area contributed by atoms with Crippen LogP contribution >= 0.6 is 22.9 Å². The van der Waals surface area contributed by atoms with Gasteiger partial charge in [0.1, 0.15) is 5.00 Å². The fraction of sp³-hybridized carbons (Fsp3) is 0.200. The van der Waals surface area contributed by atoms with Crippen molar-refractivity contribution in [2.45, 2.75) is 12.8 Å². The number of hydrogen-bond donors (Lipinski definition) is 1. The first-order valence-electron chi connectivity index (χ1n) is 6.36. The maximum absolute atomic E-state index is 12.2. The first-order valence-corrected chi connectivity index (χ1v) is 7.78. The van der Waals surface area contributed by atoms with Crippen LogP contribution in [0, 0.1) is 0 Å². The Labute approximate surface area is 131 Å². The van der Waals surface area contributed by atoms with Gasteiger partial charge in [0.15, 0.2) is 0 Å². The summed E-state index contributed by atoms with van der Waals surface area (Å²) in [6, 6.07) is 8.67. The highest BCUT2D eigenvalue weighted by Crippen LogP contribution is 2.25. The first-order chi connectivity index (χ1) is 10.2. The summed E-state index contributed by atoms with van der Waals surface area (Å²) >= 11 is 7.03. The van der Waals surface area contributed by atoms with Crippen molar-refractivity contribution in [1.29, 1.82) is 0 Å². The number of nitrogens with one attached hydrogen (secondary N) is 1. The monoisotopic (exact) mass is 323 g/mol. The second kappa shape index (κ2) is 7.24. The van der Waals surface area contributed by atoms with Crippen LogP contribution in [0.15, 0.2) is 35.7 Å². The zero-order valence-electron chi connectivity index (χ0n) is 11.4. The summed E-state index contributed by atoms with van der Waals surface area (Å²) in [6.45, 7) is 2.03. The number of hydrogen-bond acceptors (Lipinski definition) is 4. The van der Waals surface area contributed by atoms with E-state index < -0.39 is 5.97 Å². The number of alkyl halides is 1. The van der Waals surface area contributed by atoms with Gasteiger partial charge in [-0.3, -0.25) is 4.79 Å². The number of benzene rings is 1. The maximum Gasteiger partial charge on any atom is 0.341 e. The molecule has 4 nitrogen and oxygen atoms in total. The number of amides is 1. The Morgan fingerprint density at radius 2 is 2.14 bits per heavy atom. The molecular formula is C15H14ClNO3S. The van der Waals surface area contributed by atoms with Crippen molar-refractivity contribution in [3.63, 3.8) is 0 Å². The van der Waals surface area contributed by atoms with Crippen LogP contribution in [-0.4, -0.2) is 18.5 Å². The summed E-state index contributed by atoms with van der Waals surface area (Å²) in [5.74, 6) is -0.382. The van der Waals surface area contributed by atoms with Gasteiger partial charge in [0.25, 0.3) is 5.91 Å². The lowest BCUT2D eigenvalue weighted by molar-refractivity contribution is 0.0528. The zero-order chi connectivity index (χ0) is 15.2. The number of rotatable bonds is 5. The quantitative estimate of drug-likeness (QED) is 0.670. The van der Waals surface area contributed by atoms with Crippen LogP contribution < -0.4 is 5.32 Å². The lowest BCUT2D eigenvalue weighted by Gasteiger charge is -2.07. The van der Waals surface area contributed by atoms with E-state index in [0.29, 0.717) is 28.6 Å². The molecule has 21 heavy (non-hydrogen) atoms. The highest BCUT2D eigenvalue weighted by molar-refractivity contribution is 7.14. The van der Waals surface area contributed by atoms with Gasteiger partial charge in [-0.1, -0.05) is 12.1 Å². The van der Waals surface area contributed by atoms with E-state index in [0.717, 1.165) is 5.56 Å². The molecule has 1 aromatic carbocycles. The fourth-order valence-electron chi connectivity index (χ4n) is 1.75. The van der Waals surface area contributed by atoms with Crippen LogP contribution in [0.1, 0.15) is 33.2 Å². The van der Waals surface area contributed by atoms with Crippen LogP contribution in [-0.2, 0) is 10.6 Å². The van der Waals surface area contributed by atoms with E-state index in [1.165, 1.54) is 11.3 Å². The molecule has 0 unspecified atom stereocenters. The Balaban J connectivity index is 2.16. The van der Waals surface area contributed by atoms with Crippen molar-refractivity contribution in [2.75, 3.05) is 11.9 Å². The maximum atomic E-state index is 12.2. The van der Waals surface area contributed by atoms with Gasteiger partial charge in [0.2, 0.25) is 0 Å². The van der Waals surface area contributed by atoms with E-state index in [-0.39, 0.29) is 5.91 Å². The summed E-state index contributed by atoms with van der Waals surface area (Å²) < 4.78 is 4.95. The standard InChI is InChI=1S/C15H14ClNO3S/c1-2-20-15(19)12-6-7-21-14(12)17-13(18)11-5-3-4-10(8-11)9-16/h3-8H,2,9H2,1H3,(H,17,18). The Morgan fingerprint density at radius 3 is 2.86 bits per heavy atom. The van der Waals surface area contributed by atoms with Crippen molar-refractivity contribution in [3.8, 4) is 0 Å². The van der Waals surface area contributed by atoms with Crippen molar-refractivity contribution < 1.29 is 14.3 Å². The van der Waals surface area contributed by atoms with Crippen LogP contribution in [0.5, 0.6) is 0 Å². The van der Waals surface area contributed by atoms with Crippen molar-refractivity contribution in [1.82, 2.24) is 0 Å². The van der Waals surface area contributed by atoms with Gasteiger partial charge < -0.3 is 10.1 Å². The highest BCUT2D eigenvalue weighted by atomic mass is 35.5. The number of ether oxygens (including phenoxy) is 1. The number of anilines is 1. The van der Waals surface area contributed by atoms with Gasteiger partial charge in [-0.25, -0.2) is 4.79 Å². The molecule has 0 radical (unpaired) electrons. The van der Waals surface area contributed by atoms with E-state index in [9.17, 15) is 9.59 Å². The molecular weight excluding hydrogens is 310 g/mol. The molecule has 1 aromatic heterocycles. The minimum absolute atomic E-state index is 0.282. The molecule has 1 N–H and O–H groups in total. The number of esters is 1. The topological polar surface area (TPSA) is 55.4 Å². The summed E-state index contributed by atoms with van der Waals surface area (Å²) in [4.78, 5) is 24.0. The molecule has 0 aliphatic carbocycles. The molecule has 0 aliphatic rings. The van der Waals surface area contributed by atoms with Crippen LogP contribution in [0.3, 0.4) is 0 Å². The predicted molar refractivity (Wildman–Crippen MR) is 84.2 cm³/mol. The van der Waals surface area contributed by atoms with Gasteiger partial charge in [-0.15, -0.1) is 22.9 Å². The van der Waals surface area contributed by atoms with Crippen molar-refractivity contribution in [3.05, 3.63) is 52.4 Å². The average molecular weight is 324 g/mol. The SMILES string of the molecule is CCOC(=O)c1ccsc1NC(=O)c1cccc(CCl)c1. The molecule has 2 aromatic rings. The van der Waals surface area contributed by atoms with Crippen LogP contribution in [0.25, 0.3) is 0 Å². The largest absolute Gasteiger partial charge is 0.462 e. The Morgan fingerprint density at radius 1 is 1.33 bits per heavy atom. The lowest BCUT2D eigenvalue weighted by Crippen LogP contribution is -2.14. The number of halogens is 1. The van der Waals surface area contributed by atoms with Gasteiger partial charge >= 0.3 is 5.97 Å². The molecule has 0 fully saturated rings. The summed E-state index contributed by atoms with van der Waals surface area (Å²) in [5.41, 5.74) is 1.72. The summed E-state index contributed by atoms with van der Waals surface area (Å²) in [5, 5.41) is 4.95. The molecule has 0 spiro atoms. The van der Waals surface area contributed by atoms with Gasteiger partial charge in [-0.05, 0) is 36.1 Å². The van der Waals surface area contributed by atoms with Gasteiger partial charge in [-0.2, -0.15) is 0 Å². The van der Waals surface area contributed by atoms with E-state index in [2.05, 4.69) is 5.32 Å². The summed E-state index contributed by atoms with van der Waals surface area (Å²) in [6.07, 6.45) is 0. The zero-order valence-corrected chi connectivity index (χ0v) is 13.0. The molecule has 1 amide bonds. The number of carbonyl (C=O) groups excluding carboxylic acids is 2.